The van der Waals surface area contributed by atoms with Crippen LogP contribution in [0.2, 0.25) is 0 Å². The van der Waals surface area contributed by atoms with Gasteiger partial charge in [0.2, 0.25) is 5.91 Å². The molecule has 0 aromatic carbocycles. The second kappa shape index (κ2) is 6.56. The average Bonchev–Trinajstić information content (AvgIpc) is 2.49. The maximum absolute atomic E-state index is 12.3. The molecule has 0 saturated carbocycles. The molecule has 2 heterocycles. The standard InChI is InChI=1S/C14H21N3O3/c1-16(11-5-7-15-8-6-11)13(18)10-17-9-3-4-12(20-2)14(17)19/h3-4,9,11,15H,5-8,10H2,1-2H3. The smallest absolute Gasteiger partial charge is 0.293 e. The van der Waals surface area contributed by atoms with Crippen LogP contribution in [0.25, 0.3) is 0 Å². The Morgan fingerprint density at radius 2 is 2.20 bits per heavy atom. The molecule has 6 nitrogen and oxygen atoms in total. The second-order valence-corrected chi connectivity index (χ2v) is 5.00. The first-order chi connectivity index (χ1) is 9.63. The molecule has 1 aromatic heterocycles. The number of amides is 1. The number of piperidine rings is 1. The average molecular weight is 279 g/mol. The van der Waals surface area contributed by atoms with Gasteiger partial charge in [-0.25, -0.2) is 0 Å². The Balaban J connectivity index is 2.05. The minimum atomic E-state index is -0.276. The number of nitrogens with one attached hydrogen (secondary N) is 1. The maximum atomic E-state index is 12.3. The Kier molecular flexibility index (Phi) is 4.79. The van der Waals surface area contributed by atoms with Crippen LogP contribution < -0.4 is 15.6 Å². The summed E-state index contributed by atoms with van der Waals surface area (Å²) in [6, 6.07) is 3.56. The molecule has 2 rings (SSSR count). The van der Waals surface area contributed by atoms with E-state index in [9.17, 15) is 9.59 Å². The molecule has 1 aliphatic rings. The number of hydrogen-bond acceptors (Lipinski definition) is 4. The van der Waals surface area contributed by atoms with Gasteiger partial charge in [0.05, 0.1) is 7.11 Å². The Hall–Kier alpha value is -1.82. The predicted octanol–water partition coefficient (Wildman–Crippen LogP) is 0.0673. The van der Waals surface area contributed by atoms with Crippen molar-refractivity contribution in [3.05, 3.63) is 28.7 Å². The van der Waals surface area contributed by atoms with E-state index < -0.39 is 0 Å². The number of rotatable bonds is 4. The van der Waals surface area contributed by atoms with Gasteiger partial charge in [-0.3, -0.25) is 9.59 Å². The van der Waals surface area contributed by atoms with Crippen molar-refractivity contribution in [3.8, 4) is 5.75 Å². The van der Waals surface area contributed by atoms with Gasteiger partial charge in [-0.1, -0.05) is 0 Å². The third kappa shape index (κ3) is 3.19. The highest BCUT2D eigenvalue weighted by molar-refractivity contribution is 5.76. The highest BCUT2D eigenvalue weighted by Crippen LogP contribution is 2.10. The fraction of sp³-hybridized carbons (Fsp3) is 0.571. The van der Waals surface area contributed by atoms with E-state index in [1.54, 1.807) is 23.2 Å². The molecule has 0 unspecified atom stereocenters. The van der Waals surface area contributed by atoms with Gasteiger partial charge in [0.25, 0.3) is 5.56 Å². The molecule has 1 N–H and O–H groups in total. The molecule has 6 heteroatoms. The van der Waals surface area contributed by atoms with E-state index in [4.69, 9.17) is 4.74 Å². The van der Waals surface area contributed by atoms with Crippen LogP contribution in [0.5, 0.6) is 5.75 Å². The van der Waals surface area contributed by atoms with Crippen LogP contribution in [0.3, 0.4) is 0 Å². The molecule has 1 fully saturated rings. The van der Waals surface area contributed by atoms with E-state index in [2.05, 4.69) is 5.32 Å². The number of carbonyl (C=O) groups excluding carboxylic acids is 1. The monoisotopic (exact) mass is 279 g/mol. The van der Waals surface area contributed by atoms with Crippen molar-refractivity contribution >= 4 is 5.91 Å². The van der Waals surface area contributed by atoms with Crippen molar-refractivity contribution in [2.24, 2.45) is 0 Å². The quantitative estimate of drug-likeness (QED) is 0.847. The highest BCUT2D eigenvalue weighted by Gasteiger charge is 2.22. The fourth-order valence-electron chi connectivity index (χ4n) is 2.45. The molecule has 1 amide bonds. The molecular formula is C14H21N3O3. The Morgan fingerprint density at radius 3 is 2.85 bits per heavy atom. The van der Waals surface area contributed by atoms with E-state index in [0.29, 0.717) is 0 Å². The fourth-order valence-corrected chi connectivity index (χ4v) is 2.45. The van der Waals surface area contributed by atoms with Crippen molar-refractivity contribution < 1.29 is 9.53 Å². The number of likely N-dealkylation sites (N-methyl/N-ethyl adjacent to an activating group) is 1. The Morgan fingerprint density at radius 1 is 1.50 bits per heavy atom. The lowest BCUT2D eigenvalue weighted by molar-refractivity contribution is -0.133. The zero-order valence-electron chi connectivity index (χ0n) is 12.0. The normalized spacial score (nSPS) is 15.9. The zero-order chi connectivity index (χ0) is 14.5. The maximum Gasteiger partial charge on any atom is 0.293 e. The van der Waals surface area contributed by atoms with Gasteiger partial charge in [0, 0.05) is 19.3 Å². The summed E-state index contributed by atoms with van der Waals surface area (Å²) in [6.07, 6.45) is 3.52. The van der Waals surface area contributed by atoms with Crippen LogP contribution >= 0.6 is 0 Å². The van der Waals surface area contributed by atoms with E-state index in [-0.39, 0.29) is 29.8 Å². The lowest BCUT2D eigenvalue weighted by atomic mass is 10.1. The summed E-state index contributed by atoms with van der Waals surface area (Å²) in [4.78, 5) is 26.0. The van der Waals surface area contributed by atoms with Crippen LogP contribution in [0.4, 0.5) is 0 Å². The summed E-state index contributed by atoms with van der Waals surface area (Å²) < 4.78 is 6.37. The van der Waals surface area contributed by atoms with Gasteiger partial charge in [-0.15, -0.1) is 0 Å². The number of methoxy groups -OCH3 is 1. The molecule has 0 spiro atoms. The summed E-state index contributed by atoms with van der Waals surface area (Å²) in [5.74, 6) is 0.206. The minimum Gasteiger partial charge on any atom is -0.491 e. The Labute approximate surface area is 118 Å². The first-order valence-electron chi connectivity index (χ1n) is 6.83. The number of ether oxygens (including phenoxy) is 1. The van der Waals surface area contributed by atoms with Crippen molar-refractivity contribution in [1.29, 1.82) is 0 Å². The van der Waals surface area contributed by atoms with Gasteiger partial charge >= 0.3 is 0 Å². The number of aromatic nitrogens is 1. The van der Waals surface area contributed by atoms with Gasteiger partial charge < -0.3 is 19.5 Å². The lowest BCUT2D eigenvalue weighted by Crippen LogP contribution is -2.45. The van der Waals surface area contributed by atoms with Gasteiger partial charge in [-0.2, -0.15) is 0 Å². The second-order valence-electron chi connectivity index (χ2n) is 5.00. The molecule has 110 valence electrons. The molecule has 0 aliphatic carbocycles. The molecule has 0 atom stereocenters. The summed E-state index contributed by atoms with van der Waals surface area (Å²) >= 11 is 0. The van der Waals surface area contributed by atoms with E-state index >= 15 is 0 Å². The first-order valence-corrected chi connectivity index (χ1v) is 6.83. The summed E-state index contributed by atoms with van der Waals surface area (Å²) in [7, 11) is 3.26. The zero-order valence-corrected chi connectivity index (χ0v) is 12.0. The van der Waals surface area contributed by atoms with Crippen molar-refractivity contribution in [1.82, 2.24) is 14.8 Å². The van der Waals surface area contributed by atoms with Crippen LogP contribution in [0.1, 0.15) is 12.8 Å². The Bertz CT molecular complexity index is 521. The lowest BCUT2D eigenvalue weighted by Gasteiger charge is -2.31. The van der Waals surface area contributed by atoms with E-state index in [1.807, 2.05) is 7.05 Å². The van der Waals surface area contributed by atoms with Crippen molar-refractivity contribution in [2.45, 2.75) is 25.4 Å². The van der Waals surface area contributed by atoms with E-state index in [0.717, 1.165) is 25.9 Å². The van der Waals surface area contributed by atoms with Gasteiger partial charge in [-0.05, 0) is 38.1 Å². The molecule has 20 heavy (non-hydrogen) atoms. The summed E-state index contributed by atoms with van der Waals surface area (Å²) in [6.45, 7) is 1.92. The van der Waals surface area contributed by atoms with Gasteiger partial charge in [0.15, 0.2) is 5.75 Å². The summed E-state index contributed by atoms with van der Waals surface area (Å²) in [5.41, 5.74) is -0.276. The molecule has 1 saturated heterocycles. The minimum absolute atomic E-state index is 0.0488. The van der Waals surface area contributed by atoms with E-state index in [1.165, 1.54) is 11.7 Å². The molecule has 1 aliphatic heterocycles. The molecule has 0 bridgehead atoms. The number of pyridine rings is 1. The highest BCUT2D eigenvalue weighted by atomic mass is 16.5. The molecular weight excluding hydrogens is 258 g/mol. The number of nitrogens with zero attached hydrogens (tertiary/aromatic N) is 2. The SMILES string of the molecule is COc1cccn(CC(=O)N(C)C2CCNCC2)c1=O. The largest absolute Gasteiger partial charge is 0.491 e. The molecule has 0 radical (unpaired) electrons. The van der Waals surface area contributed by atoms with Crippen LogP contribution in [0, 0.1) is 0 Å². The first kappa shape index (κ1) is 14.6. The van der Waals surface area contributed by atoms with Crippen LogP contribution in [-0.2, 0) is 11.3 Å². The van der Waals surface area contributed by atoms with Gasteiger partial charge in [0.1, 0.15) is 6.54 Å². The number of hydrogen-bond donors (Lipinski definition) is 1. The summed E-state index contributed by atoms with van der Waals surface area (Å²) in [5, 5.41) is 3.27. The third-order valence-electron chi connectivity index (χ3n) is 3.76. The topological polar surface area (TPSA) is 63.6 Å². The van der Waals surface area contributed by atoms with Crippen molar-refractivity contribution in [2.75, 3.05) is 27.2 Å². The van der Waals surface area contributed by atoms with Crippen LogP contribution in [0.15, 0.2) is 23.1 Å². The third-order valence-corrected chi connectivity index (χ3v) is 3.76. The number of carbonyl (C=O) groups is 1. The van der Waals surface area contributed by atoms with Crippen LogP contribution in [-0.4, -0.2) is 48.7 Å². The van der Waals surface area contributed by atoms with Crippen molar-refractivity contribution in [3.63, 3.8) is 0 Å². The molecule has 1 aromatic rings. The predicted molar refractivity (Wildman–Crippen MR) is 75.9 cm³/mol.